The molecule has 2 bridgehead atoms. The van der Waals surface area contributed by atoms with Gasteiger partial charge in [0.05, 0.1) is 0 Å². The average molecular weight is 201 g/mol. The van der Waals surface area contributed by atoms with Crippen LogP contribution in [0.2, 0.25) is 0 Å². The van der Waals surface area contributed by atoms with Crippen LogP contribution in [-0.4, -0.2) is 6.04 Å². The fourth-order valence-corrected chi connectivity index (χ4v) is 3.62. The van der Waals surface area contributed by atoms with Crippen molar-refractivity contribution in [3.05, 3.63) is 35.4 Å². The first-order chi connectivity index (χ1) is 7.25. The predicted molar refractivity (Wildman–Crippen MR) is 62.7 cm³/mol. The SMILES string of the molecule is Cc1ccc(C2C3CCC(C3)C2N)cc1. The molecule has 15 heavy (non-hydrogen) atoms. The summed E-state index contributed by atoms with van der Waals surface area (Å²) in [5.41, 5.74) is 9.15. The van der Waals surface area contributed by atoms with Gasteiger partial charge in [0.25, 0.3) is 0 Å². The molecule has 1 aromatic carbocycles. The highest BCUT2D eigenvalue weighted by atomic mass is 14.7. The molecule has 0 aromatic heterocycles. The van der Waals surface area contributed by atoms with Crippen molar-refractivity contribution in [3.63, 3.8) is 0 Å². The quantitative estimate of drug-likeness (QED) is 0.743. The Morgan fingerprint density at radius 2 is 1.73 bits per heavy atom. The Bertz CT molecular complexity index is 352. The van der Waals surface area contributed by atoms with Crippen LogP contribution in [-0.2, 0) is 0 Å². The molecule has 4 atom stereocenters. The van der Waals surface area contributed by atoms with Gasteiger partial charge in [-0.05, 0) is 43.6 Å². The number of nitrogens with two attached hydrogens (primary N) is 1. The molecule has 80 valence electrons. The third-order valence-electron chi connectivity index (χ3n) is 4.44. The van der Waals surface area contributed by atoms with Crippen LogP contribution in [0.4, 0.5) is 0 Å². The van der Waals surface area contributed by atoms with Crippen molar-refractivity contribution in [2.24, 2.45) is 17.6 Å². The molecule has 1 aromatic rings. The van der Waals surface area contributed by atoms with E-state index in [-0.39, 0.29) is 0 Å². The number of fused-ring (bicyclic) bond motifs is 2. The van der Waals surface area contributed by atoms with Gasteiger partial charge in [-0.15, -0.1) is 0 Å². The molecule has 0 saturated heterocycles. The Morgan fingerprint density at radius 3 is 2.33 bits per heavy atom. The van der Waals surface area contributed by atoms with Gasteiger partial charge in [-0.2, -0.15) is 0 Å². The molecule has 2 saturated carbocycles. The molecular weight excluding hydrogens is 182 g/mol. The normalized spacial score (nSPS) is 38.5. The van der Waals surface area contributed by atoms with Gasteiger partial charge in [-0.1, -0.05) is 29.8 Å². The van der Waals surface area contributed by atoms with Gasteiger partial charge in [-0.25, -0.2) is 0 Å². The van der Waals surface area contributed by atoms with E-state index in [1.165, 1.54) is 30.4 Å². The molecule has 0 heterocycles. The largest absolute Gasteiger partial charge is 0.327 e. The van der Waals surface area contributed by atoms with Gasteiger partial charge in [0.1, 0.15) is 0 Å². The zero-order valence-corrected chi connectivity index (χ0v) is 9.32. The lowest BCUT2D eigenvalue weighted by atomic mass is 9.80. The summed E-state index contributed by atoms with van der Waals surface area (Å²) in [6.45, 7) is 2.14. The Labute approximate surface area is 91.7 Å². The summed E-state index contributed by atoms with van der Waals surface area (Å²) in [5.74, 6) is 2.32. The highest BCUT2D eigenvalue weighted by Crippen LogP contribution is 2.52. The minimum Gasteiger partial charge on any atom is -0.327 e. The number of benzene rings is 1. The molecule has 4 unspecified atom stereocenters. The van der Waals surface area contributed by atoms with E-state index < -0.39 is 0 Å². The summed E-state index contributed by atoms with van der Waals surface area (Å²) in [4.78, 5) is 0. The lowest BCUT2D eigenvalue weighted by Crippen LogP contribution is -2.33. The van der Waals surface area contributed by atoms with Gasteiger partial charge in [0.2, 0.25) is 0 Å². The second-order valence-corrected chi connectivity index (χ2v) is 5.35. The molecule has 3 rings (SSSR count). The molecule has 2 aliphatic rings. The molecule has 0 amide bonds. The smallest absolute Gasteiger partial charge is 0.0139 e. The summed E-state index contributed by atoms with van der Waals surface area (Å²) < 4.78 is 0. The van der Waals surface area contributed by atoms with Crippen LogP contribution in [0.15, 0.2) is 24.3 Å². The topological polar surface area (TPSA) is 26.0 Å². The Hall–Kier alpha value is -0.820. The first-order valence-electron chi connectivity index (χ1n) is 6.08. The zero-order chi connectivity index (χ0) is 10.4. The van der Waals surface area contributed by atoms with E-state index in [4.69, 9.17) is 5.73 Å². The van der Waals surface area contributed by atoms with Crippen molar-refractivity contribution in [2.75, 3.05) is 0 Å². The van der Waals surface area contributed by atoms with Gasteiger partial charge < -0.3 is 5.73 Å². The minimum absolute atomic E-state index is 0.423. The number of aryl methyl sites for hydroxylation is 1. The third-order valence-corrected chi connectivity index (χ3v) is 4.44. The van der Waals surface area contributed by atoms with Crippen molar-refractivity contribution in [3.8, 4) is 0 Å². The fraction of sp³-hybridized carbons (Fsp3) is 0.571. The first-order valence-corrected chi connectivity index (χ1v) is 6.08. The van der Waals surface area contributed by atoms with Gasteiger partial charge in [0, 0.05) is 12.0 Å². The van der Waals surface area contributed by atoms with E-state index in [1.807, 2.05) is 0 Å². The average Bonchev–Trinajstić information content (AvgIpc) is 2.80. The van der Waals surface area contributed by atoms with Gasteiger partial charge in [0.15, 0.2) is 0 Å². The fourth-order valence-electron chi connectivity index (χ4n) is 3.62. The summed E-state index contributed by atoms with van der Waals surface area (Å²) in [6.07, 6.45) is 4.14. The van der Waals surface area contributed by atoms with Crippen LogP contribution in [0.25, 0.3) is 0 Å². The highest BCUT2D eigenvalue weighted by molar-refractivity contribution is 5.29. The molecule has 1 heteroatoms. The van der Waals surface area contributed by atoms with Crippen molar-refractivity contribution in [1.29, 1.82) is 0 Å². The Balaban J connectivity index is 1.91. The first kappa shape index (κ1) is 9.41. The summed E-state index contributed by atoms with van der Waals surface area (Å²) in [7, 11) is 0. The number of hydrogen-bond donors (Lipinski definition) is 1. The lowest BCUT2D eigenvalue weighted by Gasteiger charge is -2.28. The van der Waals surface area contributed by atoms with Crippen LogP contribution >= 0.6 is 0 Å². The second kappa shape index (κ2) is 3.34. The van der Waals surface area contributed by atoms with Crippen molar-refractivity contribution >= 4 is 0 Å². The zero-order valence-electron chi connectivity index (χ0n) is 9.32. The van der Waals surface area contributed by atoms with Crippen LogP contribution in [0.1, 0.15) is 36.3 Å². The van der Waals surface area contributed by atoms with E-state index in [9.17, 15) is 0 Å². The van der Waals surface area contributed by atoms with E-state index in [0.29, 0.717) is 12.0 Å². The molecule has 2 aliphatic carbocycles. The number of rotatable bonds is 1. The van der Waals surface area contributed by atoms with Crippen molar-refractivity contribution in [1.82, 2.24) is 0 Å². The van der Waals surface area contributed by atoms with Gasteiger partial charge in [-0.3, -0.25) is 0 Å². The maximum atomic E-state index is 6.33. The Morgan fingerprint density at radius 1 is 1.07 bits per heavy atom. The molecule has 0 spiro atoms. The lowest BCUT2D eigenvalue weighted by molar-refractivity contribution is 0.366. The molecule has 1 nitrogen and oxygen atoms in total. The summed E-state index contributed by atoms with van der Waals surface area (Å²) >= 11 is 0. The molecule has 2 N–H and O–H groups in total. The highest BCUT2D eigenvalue weighted by Gasteiger charge is 2.46. The van der Waals surface area contributed by atoms with Crippen molar-refractivity contribution < 1.29 is 0 Å². The van der Waals surface area contributed by atoms with Crippen LogP contribution in [0, 0.1) is 18.8 Å². The monoisotopic (exact) mass is 201 g/mol. The van der Waals surface area contributed by atoms with Crippen LogP contribution < -0.4 is 5.73 Å². The summed E-state index contributed by atoms with van der Waals surface area (Å²) in [6, 6.07) is 9.41. The molecule has 2 fully saturated rings. The van der Waals surface area contributed by atoms with Crippen LogP contribution in [0.5, 0.6) is 0 Å². The Kier molecular flexibility index (Phi) is 2.10. The third kappa shape index (κ3) is 1.41. The summed E-state index contributed by atoms with van der Waals surface area (Å²) in [5, 5.41) is 0. The van der Waals surface area contributed by atoms with Crippen LogP contribution in [0.3, 0.4) is 0 Å². The van der Waals surface area contributed by atoms with Gasteiger partial charge >= 0.3 is 0 Å². The minimum atomic E-state index is 0.423. The predicted octanol–water partition coefficient (Wildman–Crippen LogP) is 2.84. The van der Waals surface area contributed by atoms with E-state index >= 15 is 0 Å². The van der Waals surface area contributed by atoms with Crippen molar-refractivity contribution in [2.45, 2.75) is 38.1 Å². The maximum absolute atomic E-state index is 6.33. The van der Waals surface area contributed by atoms with E-state index in [2.05, 4.69) is 31.2 Å². The number of hydrogen-bond acceptors (Lipinski definition) is 1. The second-order valence-electron chi connectivity index (χ2n) is 5.35. The molecule has 0 aliphatic heterocycles. The molecular formula is C14H19N. The standard InChI is InChI=1S/C14H19N/c1-9-2-4-10(5-3-9)13-11-6-7-12(8-11)14(13)15/h2-5,11-14H,6-8,15H2,1H3. The van der Waals surface area contributed by atoms with E-state index in [1.54, 1.807) is 0 Å². The molecule has 0 radical (unpaired) electrons. The van der Waals surface area contributed by atoms with E-state index in [0.717, 1.165) is 11.8 Å². The maximum Gasteiger partial charge on any atom is 0.0139 e.